The fourth-order valence-electron chi connectivity index (χ4n) is 2.08. The van der Waals surface area contributed by atoms with Gasteiger partial charge in [0, 0.05) is 30.4 Å². The molecule has 1 heterocycles. The van der Waals surface area contributed by atoms with Crippen LogP contribution < -0.4 is 10.6 Å². The highest BCUT2D eigenvalue weighted by atomic mass is 16.4. The van der Waals surface area contributed by atoms with E-state index in [1.165, 1.54) is 37.7 Å². The first kappa shape index (κ1) is 18.2. The Morgan fingerprint density at radius 2 is 1.84 bits per heavy atom. The zero-order valence-corrected chi connectivity index (χ0v) is 14.5. The van der Waals surface area contributed by atoms with E-state index in [1.54, 1.807) is 18.2 Å². The van der Waals surface area contributed by atoms with E-state index < -0.39 is 17.4 Å². The zero-order chi connectivity index (χ0) is 18.8. The zero-order valence-electron chi connectivity index (χ0n) is 14.5. The molecule has 0 unspecified atom stereocenters. The van der Waals surface area contributed by atoms with Crippen LogP contribution in [0.25, 0.3) is 0 Å². The minimum absolute atomic E-state index is 0.227. The van der Waals surface area contributed by atoms with Gasteiger partial charge in [0.25, 0.3) is 5.91 Å². The van der Waals surface area contributed by atoms with Gasteiger partial charge in [-0.15, -0.1) is 0 Å². The number of aromatic nitrogens is 2. The first-order valence-corrected chi connectivity index (χ1v) is 7.60. The van der Waals surface area contributed by atoms with Crippen LogP contribution in [0.4, 0.5) is 11.5 Å². The van der Waals surface area contributed by atoms with Gasteiger partial charge in [-0.25, -0.2) is 4.79 Å². The van der Waals surface area contributed by atoms with E-state index in [9.17, 15) is 19.5 Å². The molecule has 132 valence electrons. The number of nitrogens with zero attached hydrogens (tertiary/aromatic N) is 2. The molecule has 8 heteroatoms. The lowest BCUT2D eigenvalue weighted by Crippen LogP contribution is -2.36. The number of carbonyl (C=O) groups excluding carboxylic acids is 2. The summed E-state index contributed by atoms with van der Waals surface area (Å²) in [6.45, 7) is 6.23. The number of aryl methyl sites for hydroxylation is 1. The first-order chi connectivity index (χ1) is 11.6. The van der Waals surface area contributed by atoms with E-state index in [-0.39, 0.29) is 11.7 Å². The van der Waals surface area contributed by atoms with E-state index in [0.29, 0.717) is 11.3 Å². The largest absolute Gasteiger partial charge is 0.479 e. The summed E-state index contributed by atoms with van der Waals surface area (Å²) in [6, 6.07) is 6.45. The summed E-state index contributed by atoms with van der Waals surface area (Å²) >= 11 is 0. The van der Waals surface area contributed by atoms with Crippen LogP contribution in [0.15, 0.2) is 30.5 Å². The number of carboxylic acid groups (broad SMARTS) is 1. The first-order valence-electron chi connectivity index (χ1n) is 7.60. The summed E-state index contributed by atoms with van der Waals surface area (Å²) in [6.07, 6.45) is 1.49. The summed E-state index contributed by atoms with van der Waals surface area (Å²) in [5.74, 6) is -1.44. The van der Waals surface area contributed by atoms with Crippen LogP contribution in [0.1, 0.15) is 36.7 Å². The maximum Gasteiger partial charge on any atom is 0.331 e. The number of hydrogen-bond acceptors (Lipinski definition) is 4. The van der Waals surface area contributed by atoms with Gasteiger partial charge in [0.05, 0.1) is 0 Å². The minimum Gasteiger partial charge on any atom is -0.479 e. The lowest BCUT2D eigenvalue weighted by molar-refractivity contribution is -0.146. The number of benzene rings is 1. The normalized spacial score (nSPS) is 11.0. The van der Waals surface area contributed by atoms with Crippen molar-refractivity contribution in [3.8, 4) is 0 Å². The molecule has 0 aliphatic rings. The van der Waals surface area contributed by atoms with Gasteiger partial charge in [-0.1, -0.05) is 6.07 Å². The Morgan fingerprint density at radius 3 is 2.44 bits per heavy atom. The molecule has 0 fully saturated rings. The van der Waals surface area contributed by atoms with Crippen molar-refractivity contribution in [3.05, 3.63) is 41.6 Å². The van der Waals surface area contributed by atoms with Crippen molar-refractivity contribution >= 4 is 29.3 Å². The number of aliphatic carboxylic acids is 1. The summed E-state index contributed by atoms with van der Waals surface area (Å²) in [7, 11) is 0. The third-order valence-electron chi connectivity index (χ3n) is 3.74. The lowest BCUT2D eigenvalue weighted by Gasteiger charge is -2.19. The monoisotopic (exact) mass is 344 g/mol. The molecular formula is C17H20N4O4. The van der Waals surface area contributed by atoms with Crippen LogP contribution in [-0.2, 0) is 15.1 Å². The van der Waals surface area contributed by atoms with Crippen LogP contribution in [0, 0.1) is 6.92 Å². The van der Waals surface area contributed by atoms with Gasteiger partial charge in [-0.3, -0.25) is 14.3 Å². The SMILES string of the molecule is CC(=O)Nc1cc(C(=O)Nc2ccn(C(C)(C)C(=O)O)n2)ccc1C. The molecule has 0 atom stereocenters. The number of carboxylic acids is 1. The minimum atomic E-state index is -1.23. The smallest absolute Gasteiger partial charge is 0.331 e. The van der Waals surface area contributed by atoms with Gasteiger partial charge in [0.15, 0.2) is 11.4 Å². The van der Waals surface area contributed by atoms with Crippen molar-refractivity contribution in [3.63, 3.8) is 0 Å². The Hall–Kier alpha value is -3.16. The molecule has 3 N–H and O–H groups in total. The number of rotatable bonds is 5. The van der Waals surface area contributed by atoms with Gasteiger partial charge < -0.3 is 15.7 Å². The molecule has 0 saturated carbocycles. The molecule has 0 aliphatic carbocycles. The average molecular weight is 344 g/mol. The summed E-state index contributed by atoms with van der Waals surface area (Å²) in [4.78, 5) is 34.8. The molecule has 0 radical (unpaired) electrons. The van der Waals surface area contributed by atoms with Gasteiger partial charge in [-0.05, 0) is 38.5 Å². The highest BCUT2D eigenvalue weighted by Crippen LogP contribution is 2.19. The average Bonchev–Trinajstić information content (AvgIpc) is 2.98. The summed E-state index contributed by atoms with van der Waals surface area (Å²) in [5.41, 5.74) is 0.504. The molecule has 0 aliphatic heterocycles. The molecule has 0 saturated heterocycles. The number of nitrogens with one attached hydrogen (secondary N) is 2. The van der Waals surface area contributed by atoms with Crippen molar-refractivity contribution in [1.29, 1.82) is 0 Å². The van der Waals surface area contributed by atoms with E-state index in [2.05, 4.69) is 15.7 Å². The molecule has 8 nitrogen and oxygen atoms in total. The Labute approximate surface area is 144 Å². The third kappa shape index (κ3) is 4.03. The van der Waals surface area contributed by atoms with Gasteiger partial charge >= 0.3 is 5.97 Å². The van der Waals surface area contributed by atoms with Crippen molar-refractivity contribution < 1.29 is 19.5 Å². The molecular weight excluding hydrogens is 324 g/mol. The second kappa shape index (κ2) is 6.76. The Bertz CT molecular complexity index is 839. The maximum absolute atomic E-state index is 12.4. The molecule has 0 spiro atoms. The van der Waals surface area contributed by atoms with Gasteiger partial charge in [-0.2, -0.15) is 5.10 Å². The maximum atomic E-state index is 12.4. The predicted molar refractivity (Wildman–Crippen MR) is 92.6 cm³/mol. The number of anilines is 2. The Kier molecular flexibility index (Phi) is 4.92. The summed E-state index contributed by atoms with van der Waals surface area (Å²) < 4.78 is 1.27. The van der Waals surface area contributed by atoms with E-state index >= 15 is 0 Å². The van der Waals surface area contributed by atoms with Crippen LogP contribution in [0.3, 0.4) is 0 Å². The van der Waals surface area contributed by atoms with Crippen LogP contribution >= 0.6 is 0 Å². The lowest BCUT2D eigenvalue weighted by atomic mass is 10.1. The molecule has 0 bridgehead atoms. The van der Waals surface area contributed by atoms with Crippen molar-refractivity contribution in [2.45, 2.75) is 33.2 Å². The van der Waals surface area contributed by atoms with Crippen LogP contribution in [-0.4, -0.2) is 32.7 Å². The molecule has 2 amide bonds. The van der Waals surface area contributed by atoms with E-state index in [4.69, 9.17) is 0 Å². The fourth-order valence-corrected chi connectivity index (χ4v) is 2.08. The highest BCUT2D eigenvalue weighted by Gasteiger charge is 2.30. The summed E-state index contributed by atoms with van der Waals surface area (Å²) in [5, 5.41) is 18.6. The quantitative estimate of drug-likeness (QED) is 0.770. The van der Waals surface area contributed by atoms with Gasteiger partial charge in [0.1, 0.15) is 0 Å². The molecule has 1 aromatic heterocycles. The number of amides is 2. The van der Waals surface area contributed by atoms with E-state index in [0.717, 1.165) is 5.56 Å². The van der Waals surface area contributed by atoms with Crippen molar-refractivity contribution in [1.82, 2.24) is 9.78 Å². The standard InChI is InChI=1S/C17H20N4O4/c1-10-5-6-12(9-13(10)18-11(2)22)15(23)19-14-7-8-21(20-14)17(3,4)16(24)25/h5-9H,1-4H3,(H,18,22)(H,24,25)(H,19,20,23). The van der Waals surface area contributed by atoms with Crippen molar-refractivity contribution in [2.24, 2.45) is 0 Å². The Balaban J connectivity index is 2.19. The molecule has 2 rings (SSSR count). The highest BCUT2D eigenvalue weighted by molar-refractivity contribution is 6.05. The predicted octanol–water partition coefficient (Wildman–Crippen LogP) is 2.22. The van der Waals surface area contributed by atoms with E-state index in [1.807, 2.05) is 6.92 Å². The van der Waals surface area contributed by atoms with Gasteiger partial charge in [0.2, 0.25) is 5.91 Å². The number of hydrogen-bond donors (Lipinski definition) is 3. The van der Waals surface area contributed by atoms with Crippen molar-refractivity contribution in [2.75, 3.05) is 10.6 Å². The number of carbonyl (C=O) groups is 3. The fraction of sp³-hybridized carbons (Fsp3) is 0.294. The van der Waals surface area contributed by atoms with Crippen LogP contribution in [0.2, 0.25) is 0 Å². The molecule has 2 aromatic rings. The van der Waals surface area contributed by atoms with Crippen LogP contribution in [0.5, 0.6) is 0 Å². The second-order valence-corrected chi connectivity index (χ2v) is 6.17. The molecule has 1 aromatic carbocycles. The second-order valence-electron chi connectivity index (χ2n) is 6.17. The third-order valence-corrected chi connectivity index (χ3v) is 3.74. The molecule has 25 heavy (non-hydrogen) atoms. The topological polar surface area (TPSA) is 113 Å². The Morgan fingerprint density at radius 1 is 1.16 bits per heavy atom.